The lowest BCUT2D eigenvalue weighted by molar-refractivity contribution is 0.0955. The number of carbonyl (C=O) groups excluding carboxylic acids is 2. The van der Waals surface area contributed by atoms with Gasteiger partial charge in [0.05, 0.1) is 0 Å². The van der Waals surface area contributed by atoms with Gasteiger partial charge in [0.25, 0.3) is 11.8 Å². The van der Waals surface area contributed by atoms with Crippen LogP contribution in [0.5, 0.6) is 0 Å². The van der Waals surface area contributed by atoms with Crippen molar-refractivity contribution in [1.82, 2.24) is 15.3 Å². The summed E-state index contributed by atoms with van der Waals surface area (Å²) in [6, 6.07) is 11.6. The number of amides is 2. The highest BCUT2D eigenvalue weighted by molar-refractivity contribution is 6.08. The molecule has 0 aliphatic carbocycles. The maximum Gasteiger partial charge on any atom is 0.269 e. The van der Waals surface area contributed by atoms with Crippen molar-refractivity contribution in [3.05, 3.63) is 87.9 Å². The molecule has 1 aliphatic heterocycles. The molecule has 0 radical (unpaired) electrons. The third-order valence-electron chi connectivity index (χ3n) is 5.50. The first kappa shape index (κ1) is 19.8. The van der Waals surface area contributed by atoms with Crippen molar-refractivity contribution in [2.24, 2.45) is 0 Å². The highest BCUT2D eigenvalue weighted by Crippen LogP contribution is 2.27. The van der Waals surface area contributed by atoms with Crippen LogP contribution in [-0.2, 0) is 12.8 Å². The molecule has 0 bridgehead atoms. The molecule has 0 saturated carbocycles. The highest BCUT2D eigenvalue weighted by atomic mass is 16.2. The summed E-state index contributed by atoms with van der Waals surface area (Å²) in [7, 11) is 1.58. The molecule has 6 heteroatoms. The predicted molar refractivity (Wildman–Crippen MR) is 116 cm³/mol. The average molecular weight is 400 g/mol. The number of benzene rings is 1. The van der Waals surface area contributed by atoms with Crippen molar-refractivity contribution in [3.63, 3.8) is 0 Å². The van der Waals surface area contributed by atoms with Crippen LogP contribution in [0.2, 0.25) is 0 Å². The number of aromatic nitrogens is 2. The minimum atomic E-state index is -0.207. The van der Waals surface area contributed by atoms with Gasteiger partial charge in [-0.25, -0.2) is 4.98 Å². The van der Waals surface area contributed by atoms with Crippen LogP contribution in [0.3, 0.4) is 0 Å². The second kappa shape index (κ2) is 8.06. The molecule has 4 rings (SSSR count). The van der Waals surface area contributed by atoms with Crippen LogP contribution >= 0.6 is 0 Å². The van der Waals surface area contributed by atoms with Crippen LogP contribution in [0.15, 0.2) is 48.8 Å². The van der Waals surface area contributed by atoms with E-state index in [0.29, 0.717) is 24.5 Å². The van der Waals surface area contributed by atoms with E-state index in [2.05, 4.69) is 28.3 Å². The van der Waals surface area contributed by atoms with E-state index in [-0.39, 0.29) is 11.8 Å². The molecular formula is C24H24N4O2. The molecule has 152 valence electrons. The third kappa shape index (κ3) is 3.81. The van der Waals surface area contributed by atoms with Crippen molar-refractivity contribution < 1.29 is 9.59 Å². The van der Waals surface area contributed by atoms with Crippen LogP contribution in [0.1, 0.15) is 48.7 Å². The van der Waals surface area contributed by atoms with E-state index in [1.165, 1.54) is 0 Å². The number of hydrogen-bond donors (Lipinski definition) is 1. The minimum absolute atomic E-state index is 0.0105. The van der Waals surface area contributed by atoms with Crippen LogP contribution in [0.4, 0.5) is 5.82 Å². The van der Waals surface area contributed by atoms with Gasteiger partial charge in [0, 0.05) is 31.5 Å². The molecule has 0 atom stereocenters. The van der Waals surface area contributed by atoms with Crippen molar-refractivity contribution in [3.8, 4) is 0 Å². The zero-order chi connectivity index (χ0) is 21.3. The molecule has 3 heterocycles. The first-order valence-electron chi connectivity index (χ1n) is 10.00. The van der Waals surface area contributed by atoms with E-state index in [1.54, 1.807) is 30.4 Å². The smallest absolute Gasteiger partial charge is 0.269 e. The third-order valence-corrected chi connectivity index (χ3v) is 5.50. The summed E-state index contributed by atoms with van der Waals surface area (Å²) in [5.74, 6) is 0.479. The van der Waals surface area contributed by atoms with Crippen LogP contribution in [0, 0.1) is 13.8 Å². The van der Waals surface area contributed by atoms with Gasteiger partial charge in [0.2, 0.25) is 0 Å². The summed E-state index contributed by atoms with van der Waals surface area (Å²) in [6.07, 6.45) is 4.91. The molecule has 0 spiro atoms. The highest BCUT2D eigenvalue weighted by Gasteiger charge is 2.27. The molecule has 6 nitrogen and oxygen atoms in total. The van der Waals surface area contributed by atoms with Crippen LogP contribution in [0.25, 0.3) is 0 Å². The number of nitrogens with zero attached hydrogens (tertiary/aromatic N) is 3. The lowest BCUT2D eigenvalue weighted by atomic mass is 9.91. The number of fused-ring (bicyclic) bond motifs is 1. The molecule has 1 aromatic carbocycles. The molecule has 0 unspecified atom stereocenters. The van der Waals surface area contributed by atoms with E-state index in [1.807, 2.05) is 31.2 Å². The van der Waals surface area contributed by atoms with E-state index in [9.17, 15) is 9.59 Å². The first-order chi connectivity index (χ1) is 14.5. The lowest BCUT2D eigenvalue weighted by Crippen LogP contribution is -2.38. The second-order valence-electron chi connectivity index (χ2n) is 7.64. The Labute approximate surface area is 176 Å². The Morgan fingerprint density at radius 3 is 2.67 bits per heavy atom. The molecular weight excluding hydrogens is 376 g/mol. The summed E-state index contributed by atoms with van der Waals surface area (Å²) >= 11 is 0. The van der Waals surface area contributed by atoms with E-state index in [4.69, 9.17) is 0 Å². The van der Waals surface area contributed by atoms with Gasteiger partial charge in [-0.3, -0.25) is 19.5 Å². The van der Waals surface area contributed by atoms with Gasteiger partial charge < -0.3 is 5.32 Å². The number of aryl methyl sites for hydroxylation is 2. The Morgan fingerprint density at radius 1 is 1.13 bits per heavy atom. The van der Waals surface area contributed by atoms with Gasteiger partial charge >= 0.3 is 0 Å². The maximum atomic E-state index is 13.2. The zero-order valence-corrected chi connectivity index (χ0v) is 17.4. The van der Waals surface area contributed by atoms with E-state index >= 15 is 0 Å². The van der Waals surface area contributed by atoms with Gasteiger partial charge in [-0.2, -0.15) is 0 Å². The molecule has 1 aliphatic rings. The standard InChI is InChI=1S/C24H24N4O2/c1-15-6-8-26-22(10-15)28-9-7-18-11-16(2)19(13-20(18)24(28)30)12-17-4-5-21(27-14-17)23(29)25-3/h4-6,8,10-11,13-14H,7,9,12H2,1-3H3,(H,25,29). The Balaban J connectivity index is 1.62. The fourth-order valence-electron chi connectivity index (χ4n) is 3.79. The summed E-state index contributed by atoms with van der Waals surface area (Å²) in [4.78, 5) is 35.3. The van der Waals surface area contributed by atoms with Gasteiger partial charge in [-0.1, -0.05) is 12.1 Å². The number of pyridine rings is 2. The van der Waals surface area contributed by atoms with Crippen molar-refractivity contribution in [1.29, 1.82) is 0 Å². The minimum Gasteiger partial charge on any atom is -0.354 e. The fourth-order valence-corrected chi connectivity index (χ4v) is 3.79. The number of hydrogen-bond acceptors (Lipinski definition) is 4. The average Bonchev–Trinajstić information content (AvgIpc) is 2.75. The van der Waals surface area contributed by atoms with Gasteiger partial charge in [-0.15, -0.1) is 0 Å². The number of carbonyl (C=O) groups is 2. The first-order valence-corrected chi connectivity index (χ1v) is 10.00. The van der Waals surface area contributed by atoms with E-state index < -0.39 is 0 Å². The number of nitrogens with one attached hydrogen (secondary N) is 1. The molecule has 3 aromatic rings. The molecule has 2 amide bonds. The molecule has 30 heavy (non-hydrogen) atoms. The monoisotopic (exact) mass is 400 g/mol. The summed E-state index contributed by atoms with van der Waals surface area (Å²) in [6.45, 7) is 4.70. The Morgan fingerprint density at radius 2 is 1.97 bits per heavy atom. The van der Waals surface area contributed by atoms with Crippen LogP contribution < -0.4 is 10.2 Å². The summed E-state index contributed by atoms with van der Waals surface area (Å²) < 4.78 is 0. The number of anilines is 1. The largest absolute Gasteiger partial charge is 0.354 e. The van der Waals surface area contributed by atoms with Crippen molar-refractivity contribution in [2.45, 2.75) is 26.7 Å². The predicted octanol–water partition coefficient (Wildman–Crippen LogP) is 3.25. The Hall–Kier alpha value is -3.54. The zero-order valence-electron chi connectivity index (χ0n) is 17.4. The second-order valence-corrected chi connectivity index (χ2v) is 7.64. The quantitative estimate of drug-likeness (QED) is 0.730. The topological polar surface area (TPSA) is 75.2 Å². The van der Waals surface area contributed by atoms with Crippen molar-refractivity contribution in [2.75, 3.05) is 18.5 Å². The molecule has 2 aromatic heterocycles. The van der Waals surface area contributed by atoms with Gasteiger partial charge in [-0.05, 0) is 78.8 Å². The summed E-state index contributed by atoms with van der Waals surface area (Å²) in [5, 5.41) is 2.57. The van der Waals surface area contributed by atoms with Gasteiger partial charge in [0.15, 0.2) is 0 Å². The fraction of sp³-hybridized carbons (Fsp3) is 0.250. The molecule has 1 N–H and O–H groups in total. The number of rotatable bonds is 4. The molecule has 0 fully saturated rings. The molecule has 0 saturated heterocycles. The van der Waals surface area contributed by atoms with Crippen molar-refractivity contribution >= 4 is 17.6 Å². The maximum absolute atomic E-state index is 13.2. The lowest BCUT2D eigenvalue weighted by Gasteiger charge is -2.29. The Bertz CT molecular complexity index is 1120. The van der Waals surface area contributed by atoms with Gasteiger partial charge in [0.1, 0.15) is 11.5 Å². The van der Waals surface area contributed by atoms with Crippen LogP contribution in [-0.4, -0.2) is 35.4 Å². The Kier molecular flexibility index (Phi) is 5.31. The SMILES string of the molecule is CNC(=O)c1ccc(Cc2cc3c(cc2C)CCN(c2cc(C)ccn2)C3=O)cn1. The summed E-state index contributed by atoms with van der Waals surface area (Å²) in [5.41, 5.74) is 6.51. The normalized spacial score (nSPS) is 13.2. The van der Waals surface area contributed by atoms with E-state index in [0.717, 1.165) is 39.8 Å².